The van der Waals surface area contributed by atoms with Crippen molar-refractivity contribution in [3.63, 3.8) is 0 Å². The monoisotopic (exact) mass is 741 g/mol. The Morgan fingerprint density at radius 2 is 1.02 bits per heavy atom. The van der Waals surface area contributed by atoms with Crippen LogP contribution in [0.3, 0.4) is 0 Å². The van der Waals surface area contributed by atoms with Crippen LogP contribution in [-0.4, -0.2) is 19.5 Å². The molecule has 3 heterocycles. The van der Waals surface area contributed by atoms with E-state index in [1.54, 1.807) is 0 Å². The second-order valence-corrected chi connectivity index (χ2v) is 14.3. The maximum absolute atomic E-state index is 9.64. The Bertz CT molecular complexity index is 3360. The Kier molecular flexibility index (Phi) is 7.76. The number of rotatable bonds is 6. The second kappa shape index (κ2) is 13.6. The summed E-state index contributed by atoms with van der Waals surface area (Å²) in [5.41, 5.74) is 12.1. The molecule has 0 aliphatic rings. The van der Waals surface area contributed by atoms with Crippen molar-refractivity contribution in [1.29, 1.82) is 5.26 Å². The molecule has 6 nitrogen and oxygen atoms in total. The van der Waals surface area contributed by atoms with Crippen LogP contribution >= 0.6 is 0 Å². The van der Waals surface area contributed by atoms with E-state index in [1.807, 2.05) is 97.1 Å². The molecule has 58 heavy (non-hydrogen) atoms. The standard InChI is InChI=1S/C52H31N5O/c53-32-33-13-11-18-36(29-33)37-25-27-45-42(30-37)40-19-7-9-22-44(40)57(45)46-28-26-38(39-21-12-24-48-49(39)41-20-8-10-23-47(41)58-48)31-43(46)52-55-50(34-14-3-1-4-15-34)54-51(56-52)35-16-5-2-6-17-35/h1-31H. The van der Waals surface area contributed by atoms with Crippen LogP contribution < -0.4 is 0 Å². The lowest BCUT2D eigenvalue weighted by Crippen LogP contribution is -2.04. The molecule has 11 rings (SSSR count). The molecule has 8 aromatic carbocycles. The van der Waals surface area contributed by atoms with Crippen LogP contribution in [0.4, 0.5) is 0 Å². The normalized spacial score (nSPS) is 11.4. The van der Waals surface area contributed by atoms with Crippen molar-refractivity contribution >= 4 is 43.7 Å². The Labute approximate surface area is 333 Å². The molecular formula is C52H31N5O. The number of hydrogen-bond acceptors (Lipinski definition) is 5. The van der Waals surface area contributed by atoms with Crippen LogP contribution in [0.25, 0.3) is 106 Å². The molecular weight excluding hydrogens is 711 g/mol. The van der Waals surface area contributed by atoms with Gasteiger partial charge in [0.25, 0.3) is 0 Å². The molecule has 0 saturated heterocycles. The van der Waals surface area contributed by atoms with Gasteiger partial charge in [-0.1, -0.05) is 133 Å². The third-order valence-electron chi connectivity index (χ3n) is 10.9. The first-order valence-electron chi connectivity index (χ1n) is 19.2. The van der Waals surface area contributed by atoms with E-state index in [0.29, 0.717) is 23.0 Å². The topological polar surface area (TPSA) is 80.5 Å². The number of nitrogens with zero attached hydrogens (tertiary/aromatic N) is 5. The number of hydrogen-bond donors (Lipinski definition) is 0. The van der Waals surface area contributed by atoms with Crippen molar-refractivity contribution in [3.05, 3.63) is 194 Å². The van der Waals surface area contributed by atoms with E-state index in [1.165, 1.54) is 0 Å². The van der Waals surface area contributed by atoms with Crippen LogP contribution in [0.5, 0.6) is 0 Å². The minimum atomic E-state index is 0.560. The third kappa shape index (κ3) is 5.53. The first-order valence-corrected chi connectivity index (χ1v) is 19.2. The summed E-state index contributed by atoms with van der Waals surface area (Å²) in [6.45, 7) is 0. The fourth-order valence-electron chi connectivity index (χ4n) is 8.20. The first kappa shape index (κ1) is 33.2. The van der Waals surface area contributed by atoms with Gasteiger partial charge in [0, 0.05) is 38.2 Å². The van der Waals surface area contributed by atoms with Gasteiger partial charge in [-0.3, -0.25) is 0 Å². The Morgan fingerprint density at radius 1 is 0.414 bits per heavy atom. The van der Waals surface area contributed by atoms with Crippen molar-refractivity contribution in [2.45, 2.75) is 0 Å². The lowest BCUT2D eigenvalue weighted by Gasteiger charge is -2.17. The molecule has 0 aliphatic carbocycles. The van der Waals surface area contributed by atoms with Crippen LogP contribution in [0, 0.1) is 11.3 Å². The van der Waals surface area contributed by atoms with Crippen molar-refractivity contribution < 1.29 is 4.42 Å². The number of benzene rings is 8. The van der Waals surface area contributed by atoms with E-state index in [4.69, 9.17) is 19.4 Å². The van der Waals surface area contributed by atoms with Gasteiger partial charge in [-0.15, -0.1) is 0 Å². The lowest BCUT2D eigenvalue weighted by atomic mass is 9.96. The molecule has 0 unspecified atom stereocenters. The second-order valence-electron chi connectivity index (χ2n) is 14.3. The fraction of sp³-hybridized carbons (Fsp3) is 0. The number of nitriles is 1. The minimum absolute atomic E-state index is 0.560. The highest BCUT2D eigenvalue weighted by Gasteiger charge is 2.22. The quantitative estimate of drug-likeness (QED) is 0.169. The predicted octanol–water partition coefficient (Wildman–Crippen LogP) is 13.1. The molecule has 0 saturated carbocycles. The zero-order valence-electron chi connectivity index (χ0n) is 31.0. The van der Waals surface area contributed by atoms with E-state index in [2.05, 4.69) is 102 Å². The number of furan rings is 1. The van der Waals surface area contributed by atoms with Crippen molar-refractivity contribution in [2.75, 3.05) is 0 Å². The summed E-state index contributed by atoms with van der Waals surface area (Å²) in [5, 5.41) is 14.0. The minimum Gasteiger partial charge on any atom is -0.456 e. The van der Waals surface area contributed by atoms with Gasteiger partial charge in [-0.25, -0.2) is 15.0 Å². The number of aromatic nitrogens is 4. The van der Waals surface area contributed by atoms with E-state index in [0.717, 1.165) is 88.4 Å². The molecule has 0 aliphatic heterocycles. The Morgan fingerprint density at radius 3 is 1.79 bits per heavy atom. The van der Waals surface area contributed by atoms with Gasteiger partial charge in [-0.2, -0.15) is 5.26 Å². The van der Waals surface area contributed by atoms with Gasteiger partial charge in [0.15, 0.2) is 17.5 Å². The van der Waals surface area contributed by atoms with Gasteiger partial charge in [0.2, 0.25) is 0 Å². The number of para-hydroxylation sites is 2. The summed E-state index contributed by atoms with van der Waals surface area (Å²) in [6.07, 6.45) is 0. The summed E-state index contributed by atoms with van der Waals surface area (Å²) >= 11 is 0. The molecule has 3 aromatic heterocycles. The molecule has 0 spiro atoms. The highest BCUT2D eigenvalue weighted by atomic mass is 16.3. The van der Waals surface area contributed by atoms with Gasteiger partial charge in [0.05, 0.1) is 28.4 Å². The summed E-state index contributed by atoms with van der Waals surface area (Å²) in [7, 11) is 0. The van der Waals surface area contributed by atoms with E-state index in [9.17, 15) is 5.26 Å². The zero-order chi connectivity index (χ0) is 38.6. The fourth-order valence-corrected chi connectivity index (χ4v) is 8.20. The number of fused-ring (bicyclic) bond motifs is 6. The molecule has 6 heteroatoms. The summed E-state index contributed by atoms with van der Waals surface area (Å²) < 4.78 is 8.66. The Hall–Kier alpha value is -8.14. The maximum Gasteiger partial charge on any atom is 0.166 e. The molecule has 0 fully saturated rings. The molecule has 0 atom stereocenters. The van der Waals surface area contributed by atoms with E-state index >= 15 is 0 Å². The first-order chi connectivity index (χ1) is 28.7. The third-order valence-corrected chi connectivity index (χ3v) is 10.9. The highest BCUT2D eigenvalue weighted by molar-refractivity contribution is 6.13. The van der Waals surface area contributed by atoms with Crippen molar-refractivity contribution in [1.82, 2.24) is 19.5 Å². The summed E-state index contributed by atoms with van der Waals surface area (Å²) in [5.74, 6) is 1.75. The highest BCUT2D eigenvalue weighted by Crippen LogP contribution is 2.42. The van der Waals surface area contributed by atoms with Crippen molar-refractivity contribution in [3.8, 4) is 68.2 Å². The molecule has 11 aromatic rings. The van der Waals surface area contributed by atoms with Gasteiger partial charge in [0.1, 0.15) is 11.2 Å². The van der Waals surface area contributed by atoms with Gasteiger partial charge in [-0.05, 0) is 76.9 Å². The molecule has 0 N–H and O–H groups in total. The lowest BCUT2D eigenvalue weighted by molar-refractivity contribution is 0.669. The zero-order valence-corrected chi connectivity index (χ0v) is 31.0. The average molecular weight is 742 g/mol. The van der Waals surface area contributed by atoms with Gasteiger partial charge < -0.3 is 8.98 Å². The molecule has 0 bridgehead atoms. The van der Waals surface area contributed by atoms with Crippen LogP contribution in [0.2, 0.25) is 0 Å². The summed E-state index contributed by atoms with van der Waals surface area (Å²) in [6, 6.07) is 66.3. The maximum atomic E-state index is 9.64. The average Bonchev–Trinajstić information content (AvgIpc) is 3.85. The van der Waals surface area contributed by atoms with Crippen molar-refractivity contribution in [2.24, 2.45) is 0 Å². The van der Waals surface area contributed by atoms with Crippen LogP contribution in [-0.2, 0) is 0 Å². The van der Waals surface area contributed by atoms with Crippen LogP contribution in [0.15, 0.2) is 192 Å². The van der Waals surface area contributed by atoms with E-state index < -0.39 is 0 Å². The smallest absolute Gasteiger partial charge is 0.166 e. The molecule has 0 amide bonds. The molecule has 270 valence electrons. The summed E-state index contributed by atoms with van der Waals surface area (Å²) in [4.78, 5) is 15.5. The SMILES string of the molecule is N#Cc1cccc(-c2ccc3c(c2)c2ccccc2n3-c2ccc(-c3cccc4oc5ccccc5c34)cc2-c2nc(-c3ccccc3)nc(-c3ccccc3)n2)c1. The largest absolute Gasteiger partial charge is 0.456 e. The predicted molar refractivity (Wildman–Crippen MR) is 233 cm³/mol. The molecule has 0 radical (unpaired) electrons. The Balaban J connectivity index is 1.21. The van der Waals surface area contributed by atoms with E-state index in [-0.39, 0.29) is 0 Å². The van der Waals surface area contributed by atoms with Gasteiger partial charge >= 0.3 is 0 Å². The van der Waals surface area contributed by atoms with Crippen LogP contribution in [0.1, 0.15) is 5.56 Å².